The normalized spacial score (nSPS) is 28.8. The van der Waals surface area contributed by atoms with Crippen LogP contribution in [0.3, 0.4) is 0 Å². The summed E-state index contributed by atoms with van der Waals surface area (Å²) >= 11 is 0. The minimum atomic E-state index is -0.327. The Balaban J connectivity index is 0.00000272. The quantitative estimate of drug-likeness (QED) is 0.675. The third kappa shape index (κ3) is 4.89. The highest BCUT2D eigenvalue weighted by molar-refractivity contribution is 5.90. The van der Waals surface area contributed by atoms with E-state index in [-0.39, 0.29) is 30.1 Å². The highest BCUT2D eigenvalue weighted by atomic mass is 35.5. The van der Waals surface area contributed by atoms with E-state index < -0.39 is 0 Å². The van der Waals surface area contributed by atoms with Gasteiger partial charge in [0.15, 0.2) is 0 Å². The molecule has 6 heteroatoms. The van der Waals surface area contributed by atoms with Gasteiger partial charge in [0.1, 0.15) is 11.4 Å². The molecule has 3 atom stereocenters. The number of ether oxygens (including phenoxy) is 3. The molecule has 174 valence electrons. The molecule has 0 unspecified atom stereocenters. The van der Waals surface area contributed by atoms with Gasteiger partial charge in [0.2, 0.25) is 0 Å². The number of quaternary nitrogens is 1. The predicted octanol–water partition coefficient (Wildman–Crippen LogP) is 0.876. The number of hydrogen-bond acceptors (Lipinski definition) is 4. The van der Waals surface area contributed by atoms with Crippen LogP contribution >= 0.6 is 0 Å². The van der Waals surface area contributed by atoms with E-state index in [2.05, 4.69) is 26.1 Å². The van der Waals surface area contributed by atoms with E-state index in [4.69, 9.17) is 14.2 Å². The summed E-state index contributed by atoms with van der Waals surface area (Å²) in [4.78, 5) is 12.1. The van der Waals surface area contributed by atoms with E-state index >= 15 is 0 Å². The topological polar surface area (TPSA) is 61.4 Å². The van der Waals surface area contributed by atoms with Crippen LogP contribution in [-0.2, 0) is 9.47 Å². The van der Waals surface area contributed by atoms with Crippen molar-refractivity contribution in [3.05, 3.63) is 29.3 Å². The number of esters is 1. The van der Waals surface area contributed by atoms with Crippen LogP contribution in [0, 0.1) is 17.3 Å². The molecule has 5 nitrogen and oxygen atoms in total. The summed E-state index contributed by atoms with van der Waals surface area (Å²) in [5.41, 5.74) is 1.64. The van der Waals surface area contributed by atoms with Crippen molar-refractivity contribution in [1.82, 2.24) is 0 Å². The Labute approximate surface area is 193 Å². The van der Waals surface area contributed by atoms with Crippen LogP contribution in [0.15, 0.2) is 18.2 Å². The van der Waals surface area contributed by atoms with Crippen molar-refractivity contribution < 1.29 is 36.7 Å². The van der Waals surface area contributed by atoms with Crippen molar-refractivity contribution in [3.63, 3.8) is 0 Å². The number of hydrogen-bond donors (Lipinski definition) is 1. The first kappa shape index (κ1) is 24.3. The maximum atomic E-state index is 12.1. The lowest BCUT2D eigenvalue weighted by Gasteiger charge is -2.54. The summed E-state index contributed by atoms with van der Waals surface area (Å²) in [5, 5.41) is 2.43. The van der Waals surface area contributed by atoms with E-state index in [1.165, 1.54) is 45.9 Å². The minimum absolute atomic E-state index is 0. The van der Waals surface area contributed by atoms with Crippen molar-refractivity contribution in [1.29, 1.82) is 0 Å². The predicted molar refractivity (Wildman–Crippen MR) is 116 cm³/mol. The van der Waals surface area contributed by atoms with Crippen molar-refractivity contribution in [2.75, 3.05) is 26.8 Å². The maximum Gasteiger partial charge on any atom is 0.337 e. The van der Waals surface area contributed by atoms with Crippen LogP contribution in [0.2, 0.25) is 0 Å². The lowest BCUT2D eigenvalue weighted by atomic mass is 9.63. The summed E-state index contributed by atoms with van der Waals surface area (Å²) in [6.45, 7) is 10.1. The molecule has 3 heterocycles. The number of carbonyl (C=O) groups excluding carboxylic acids is 1. The number of carbonyl (C=O) groups is 1. The monoisotopic (exact) mass is 451 g/mol. The van der Waals surface area contributed by atoms with Gasteiger partial charge in [-0.15, -0.1) is 0 Å². The molecular weight excluding hydrogens is 414 g/mol. The van der Waals surface area contributed by atoms with E-state index in [9.17, 15) is 4.79 Å². The molecule has 2 saturated heterocycles. The number of nitrogens with two attached hydrogens (primary N) is 1. The molecule has 4 rings (SSSR count). The number of halogens is 1. The third-order valence-corrected chi connectivity index (χ3v) is 7.67. The first-order chi connectivity index (χ1) is 14.4. The lowest BCUT2D eigenvalue weighted by Crippen LogP contribution is -3.00. The summed E-state index contributed by atoms with van der Waals surface area (Å²) < 4.78 is 18.3. The Bertz CT molecular complexity index is 777. The highest BCUT2D eigenvalue weighted by Crippen LogP contribution is 2.56. The van der Waals surface area contributed by atoms with Crippen LogP contribution in [-0.4, -0.2) is 38.4 Å². The van der Waals surface area contributed by atoms with Gasteiger partial charge in [0, 0.05) is 29.7 Å². The molecule has 3 aliphatic heterocycles. The Morgan fingerprint density at radius 2 is 2.03 bits per heavy atom. The van der Waals surface area contributed by atoms with Crippen LogP contribution in [0.5, 0.6) is 5.75 Å². The molecule has 0 saturated carbocycles. The molecule has 0 bridgehead atoms. The van der Waals surface area contributed by atoms with Crippen molar-refractivity contribution in [3.8, 4) is 5.75 Å². The molecule has 1 aromatic rings. The Hall–Kier alpha value is -1.30. The molecule has 2 fully saturated rings. The van der Waals surface area contributed by atoms with Gasteiger partial charge in [-0.25, -0.2) is 4.79 Å². The van der Waals surface area contributed by atoms with Gasteiger partial charge in [-0.2, -0.15) is 0 Å². The Kier molecular flexibility index (Phi) is 7.60. The summed E-state index contributed by atoms with van der Waals surface area (Å²) in [6.07, 6.45) is 7.03. The molecule has 1 spiro atoms. The highest BCUT2D eigenvalue weighted by Gasteiger charge is 2.54. The number of rotatable bonds is 5. The second-order valence-electron chi connectivity index (χ2n) is 10.4. The number of piperidine rings is 1. The van der Waals surface area contributed by atoms with Crippen LogP contribution in [0.4, 0.5) is 0 Å². The van der Waals surface area contributed by atoms with Gasteiger partial charge in [0.25, 0.3) is 0 Å². The summed E-state index contributed by atoms with van der Waals surface area (Å²) in [6, 6.07) is 5.71. The average Bonchev–Trinajstić information content (AvgIpc) is 2.73. The molecule has 0 radical (unpaired) electrons. The van der Waals surface area contributed by atoms with Crippen LogP contribution in [0.25, 0.3) is 0 Å². The Morgan fingerprint density at radius 1 is 1.29 bits per heavy atom. The zero-order valence-electron chi connectivity index (χ0n) is 19.4. The third-order valence-electron chi connectivity index (χ3n) is 7.67. The van der Waals surface area contributed by atoms with Crippen molar-refractivity contribution in [2.45, 2.75) is 71.0 Å². The summed E-state index contributed by atoms with van der Waals surface area (Å²) in [7, 11) is 1.42. The molecule has 2 N–H and O–H groups in total. The molecular formula is C25H38ClNO4. The van der Waals surface area contributed by atoms with Crippen LogP contribution in [0.1, 0.15) is 81.3 Å². The Morgan fingerprint density at radius 3 is 2.71 bits per heavy atom. The summed E-state index contributed by atoms with van der Waals surface area (Å²) in [5.74, 6) is 1.49. The van der Waals surface area contributed by atoms with Gasteiger partial charge in [-0.1, -0.05) is 26.3 Å². The fourth-order valence-electron chi connectivity index (χ4n) is 5.82. The second-order valence-corrected chi connectivity index (χ2v) is 10.4. The van der Waals surface area contributed by atoms with Gasteiger partial charge in [0.05, 0.1) is 38.5 Å². The zero-order valence-corrected chi connectivity index (χ0v) is 20.2. The molecule has 1 aromatic carbocycles. The van der Waals surface area contributed by atoms with Crippen molar-refractivity contribution >= 4 is 5.97 Å². The van der Waals surface area contributed by atoms with E-state index in [1.807, 2.05) is 18.2 Å². The smallest absolute Gasteiger partial charge is 0.337 e. The van der Waals surface area contributed by atoms with E-state index in [0.717, 1.165) is 30.8 Å². The lowest BCUT2D eigenvalue weighted by molar-refractivity contribution is -0.668. The molecule has 0 amide bonds. The van der Waals surface area contributed by atoms with Gasteiger partial charge in [-0.05, 0) is 44.2 Å². The standard InChI is InChI=1S/C25H37NO4.ClH/c1-17(2)6-5-9-24(3)20-15-25(10-12-26-13-11-25)16-29-22(20)19-8-7-18(23(27)28-4)14-21(19)30-24;/h7-8,14,17,20,22,26H,5-6,9-13,15-16H2,1-4H3;1H/t20-,22+,24-;/m1./s1. The number of benzene rings is 1. The maximum absolute atomic E-state index is 12.1. The van der Waals surface area contributed by atoms with Gasteiger partial charge < -0.3 is 31.9 Å². The van der Waals surface area contributed by atoms with E-state index in [0.29, 0.717) is 22.8 Å². The molecule has 0 aliphatic carbocycles. The first-order valence-corrected chi connectivity index (χ1v) is 11.7. The average molecular weight is 452 g/mol. The van der Waals surface area contributed by atoms with Crippen LogP contribution < -0.4 is 22.5 Å². The molecule has 0 aromatic heterocycles. The largest absolute Gasteiger partial charge is 1.00 e. The SMILES string of the molecule is COC(=O)c1ccc2c(c1)O[C@](C)(CCCC(C)C)[C@@H]1CC3(CC[NH2+]CC3)CO[C@@H]21.[Cl-]. The second kappa shape index (κ2) is 9.68. The minimum Gasteiger partial charge on any atom is -1.00 e. The molecule has 31 heavy (non-hydrogen) atoms. The van der Waals surface area contributed by atoms with Crippen molar-refractivity contribution in [2.24, 2.45) is 17.3 Å². The van der Waals surface area contributed by atoms with E-state index in [1.54, 1.807) is 0 Å². The first-order valence-electron chi connectivity index (χ1n) is 11.7. The fraction of sp³-hybridized carbons (Fsp3) is 0.720. The van der Waals surface area contributed by atoms with Gasteiger partial charge >= 0.3 is 5.97 Å². The zero-order chi connectivity index (χ0) is 21.4. The number of methoxy groups -OCH3 is 1. The van der Waals surface area contributed by atoms with Gasteiger partial charge in [-0.3, -0.25) is 0 Å². The fourth-order valence-corrected chi connectivity index (χ4v) is 5.82. The molecule has 3 aliphatic rings. The number of fused-ring (bicyclic) bond motifs is 3.